The van der Waals surface area contributed by atoms with Gasteiger partial charge in [-0.3, -0.25) is 4.79 Å². The Hall–Kier alpha value is -0.570. The van der Waals surface area contributed by atoms with Gasteiger partial charge in [-0.05, 0) is 38.1 Å². The highest BCUT2D eigenvalue weighted by molar-refractivity contribution is 5.79. The lowest BCUT2D eigenvalue weighted by Gasteiger charge is -2.24. The number of nitrogens with two attached hydrogens (primary N) is 1. The average molecular weight is 226 g/mol. The first-order chi connectivity index (χ1) is 7.60. The first-order valence-electron chi connectivity index (χ1n) is 6.60. The first kappa shape index (κ1) is 13.5. The summed E-state index contributed by atoms with van der Waals surface area (Å²) < 4.78 is 0. The molecule has 0 saturated heterocycles. The minimum Gasteiger partial charge on any atom is -0.353 e. The van der Waals surface area contributed by atoms with Gasteiger partial charge < -0.3 is 11.1 Å². The molecule has 1 rings (SSSR count). The Bertz CT molecular complexity index is 230. The lowest BCUT2D eigenvalue weighted by molar-refractivity contribution is -0.126. The van der Waals surface area contributed by atoms with Gasteiger partial charge in [0.05, 0.1) is 0 Å². The van der Waals surface area contributed by atoms with E-state index in [1.807, 2.05) is 0 Å². The molecule has 0 spiro atoms. The van der Waals surface area contributed by atoms with Crippen molar-refractivity contribution in [1.29, 1.82) is 0 Å². The third kappa shape index (κ3) is 3.21. The van der Waals surface area contributed by atoms with Crippen LogP contribution in [0.3, 0.4) is 0 Å². The minimum absolute atomic E-state index is 0.163. The standard InChI is InChI=1S/C13H26N2O/c1-4-9(2)10(3)15-13(16)12-7-5-6-11(12)8-14/h9-12H,4-8,14H2,1-3H3,(H,15,16). The predicted molar refractivity (Wildman–Crippen MR) is 66.9 cm³/mol. The third-order valence-electron chi connectivity index (χ3n) is 4.17. The van der Waals surface area contributed by atoms with Crippen molar-refractivity contribution in [3.05, 3.63) is 0 Å². The van der Waals surface area contributed by atoms with Crippen LogP contribution >= 0.6 is 0 Å². The molecule has 0 aliphatic heterocycles. The van der Waals surface area contributed by atoms with E-state index in [1.165, 1.54) is 0 Å². The largest absolute Gasteiger partial charge is 0.353 e. The number of hydrogen-bond donors (Lipinski definition) is 2. The molecule has 3 heteroatoms. The Morgan fingerprint density at radius 2 is 2.12 bits per heavy atom. The highest BCUT2D eigenvalue weighted by atomic mass is 16.2. The molecule has 4 unspecified atom stereocenters. The highest BCUT2D eigenvalue weighted by Crippen LogP contribution is 2.31. The van der Waals surface area contributed by atoms with Crippen LogP contribution in [-0.4, -0.2) is 18.5 Å². The molecule has 4 atom stereocenters. The van der Waals surface area contributed by atoms with Crippen molar-refractivity contribution in [3.8, 4) is 0 Å². The van der Waals surface area contributed by atoms with Crippen molar-refractivity contribution < 1.29 is 4.79 Å². The summed E-state index contributed by atoms with van der Waals surface area (Å²) in [5.41, 5.74) is 5.70. The summed E-state index contributed by atoms with van der Waals surface area (Å²) >= 11 is 0. The molecule has 0 bridgehead atoms. The normalized spacial score (nSPS) is 28.8. The van der Waals surface area contributed by atoms with Crippen LogP contribution in [-0.2, 0) is 4.79 Å². The van der Waals surface area contributed by atoms with E-state index in [1.54, 1.807) is 0 Å². The fourth-order valence-corrected chi connectivity index (χ4v) is 2.49. The van der Waals surface area contributed by atoms with Crippen molar-refractivity contribution in [2.45, 2.75) is 52.5 Å². The summed E-state index contributed by atoms with van der Waals surface area (Å²) in [6.07, 6.45) is 4.39. The molecule has 0 aromatic heterocycles. The van der Waals surface area contributed by atoms with Crippen LogP contribution in [0, 0.1) is 17.8 Å². The molecule has 1 aliphatic carbocycles. The Balaban J connectivity index is 2.45. The second kappa shape index (κ2) is 6.24. The molecule has 1 amide bonds. The van der Waals surface area contributed by atoms with Gasteiger partial charge in [0.1, 0.15) is 0 Å². The van der Waals surface area contributed by atoms with Gasteiger partial charge in [-0.2, -0.15) is 0 Å². The Kier molecular flexibility index (Phi) is 5.26. The molecule has 1 aliphatic rings. The fraction of sp³-hybridized carbons (Fsp3) is 0.923. The zero-order chi connectivity index (χ0) is 12.1. The summed E-state index contributed by atoms with van der Waals surface area (Å²) in [4.78, 5) is 12.1. The van der Waals surface area contributed by atoms with Gasteiger partial charge in [-0.15, -0.1) is 0 Å². The maximum atomic E-state index is 12.1. The molecular weight excluding hydrogens is 200 g/mol. The molecule has 0 radical (unpaired) electrons. The number of carbonyl (C=O) groups excluding carboxylic acids is 1. The Morgan fingerprint density at radius 1 is 1.44 bits per heavy atom. The van der Waals surface area contributed by atoms with Gasteiger partial charge in [0.15, 0.2) is 0 Å². The summed E-state index contributed by atoms with van der Waals surface area (Å²) in [6.45, 7) is 7.08. The lowest BCUT2D eigenvalue weighted by Crippen LogP contribution is -2.42. The summed E-state index contributed by atoms with van der Waals surface area (Å²) in [7, 11) is 0. The van der Waals surface area contributed by atoms with Crippen LogP contribution in [0.5, 0.6) is 0 Å². The number of carbonyl (C=O) groups is 1. The Labute approximate surface area is 99.2 Å². The molecule has 0 aromatic carbocycles. The second-order valence-corrected chi connectivity index (χ2v) is 5.22. The maximum Gasteiger partial charge on any atom is 0.223 e. The number of rotatable bonds is 5. The van der Waals surface area contributed by atoms with Gasteiger partial charge in [-0.25, -0.2) is 0 Å². The minimum atomic E-state index is 0.163. The van der Waals surface area contributed by atoms with E-state index in [2.05, 4.69) is 26.1 Å². The van der Waals surface area contributed by atoms with E-state index in [0.717, 1.165) is 25.7 Å². The van der Waals surface area contributed by atoms with Gasteiger partial charge in [0, 0.05) is 12.0 Å². The topological polar surface area (TPSA) is 55.1 Å². The quantitative estimate of drug-likeness (QED) is 0.752. The Morgan fingerprint density at radius 3 is 2.69 bits per heavy atom. The molecule has 0 aromatic rings. The fourth-order valence-electron chi connectivity index (χ4n) is 2.49. The second-order valence-electron chi connectivity index (χ2n) is 5.22. The van der Waals surface area contributed by atoms with Crippen LogP contribution in [0.15, 0.2) is 0 Å². The van der Waals surface area contributed by atoms with Crippen LogP contribution in [0.2, 0.25) is 0 Å². The van der Waals surface area contributed by atoms with E-state index in [4.69, 9.17) is 5.73 Å². The van der Waals surface area contributed by atoms with E-state index in [9.17, 15) is 4.79 Å². The number of hydrogen-bond acceptors (Lipinski definition) is 2. The van der Waals surface area contributed by atoms with Crippen molar-refractivity contribution >= 4 is 5.91 Å². The average Bonchev–Trinajstić information content (AvgIpc) is 2.75. The third-order valence-corrected chi connectivity index (χ3v) is 4.17. The van der Waals surface area contributed by atoms with Crippen molar-refractivity contribution in [1.82, 2.24) is 5.32 Å². The molecule has 3 nitrogen and oxygen atoms in total. The number of amides is 1. The molecule has 1 saturated carbocycles. The molecular formula is C13H26N2O. The summed E-state index contributed by atoms with van der Waals surface area (Å²) in [5, 5.41) is 3.14. The van der Waals surface area contributed by atoms with Gasteiger partial charge in [-0.1, -0.05) is 26.7 Å². The monoisotopic (exact) mass is 226 g/mol. The SMILES string of the molecule is CCC(C)C(C)NC(=O)C1CCCC1CN. The highest BCUT2D eigenvalue weighted by Gasteiger charge is 2.32. The van der Waals surface area contributed by atoms with E-state index >= 15 is 0 Å². The van der Waals surface area contributed by atoms with Crippen LogP contribution in [0.1, 0.15) is 46.5 Å². The van der Waals surface area contributed by atoms with Crippen LogP contribution < -0.4 is 11.1 Å². The van der Waals surface area contributed by atoms with Crippen LogP contribution in [0.4, 0.5) is 0 Å². The predicted octanol–water partition coefficient (Wildman–Crippen LogP) is 1.91. The smallest absolute Gasteiger partial charge is 0.223 e. The van der Waals surface area contributed by atoms with Crippen LogP contribution in [0.25, 0.3) is 0 Å². The van der Waals surface area contributed by atoms with Crippen molar-refractivity contribution in [2.75, 3.05) is 6.54 Å². The van der Waals surface area contributed by atoms with Crippen molar-refractivity contribution in [2.24, 2.45) is 23.5 Å². The molecule has 16 heavy (non-hydrogen) atoms. The first-order valence-corrected chi connectivity index (χ1v) is 6.60. The summed E-state index contributed by atoms with van der Waals surface area (Å²) in [6, 6.07) is 0.275. The molecule has 94 valence electrons. The van der Waals surface area contributed by atoms with Gasteiger partial charge in [0.25, 0.3) is 0 Å². The molecule has 3 N–H and O–H groups in total. The molecule has 1 fully saturated rings. The van der Waals surface area contributed by atoms with Gasteiger partial charge >= 0.3 is 0 Å². The lowest BCUT2D eigenvalue weighted by atomic mass is 9.94. The van der Waals surface area contributed by atoms with E-state index < -0.39 is 0 Å². The van der Waals surface area contributed by atoms with E-state index in [-0.39, 0.29) is 17.9 Å². The zero-order valence-corrected chi connectivity index (χ0v) is 10.8. The zero-order valence-electron chi connectivity index (χ0n) is 10.8. The van der Waals surface area contributed by atoms with E-state index in [0.29, 0.717) is 18.4 Å². The number of nitrogens with one attached hydrogen (secondary N) is 1. The molecule has 0 heterocycles. The van der Waals surface area contributed by atoms with Crippen molar-refractivity contribution in [3.63, 3.8) is 0 Å². The summed E-state index contributed by atoms with van der Waals surface area (Å²) in [5.74, 6) is 1.34. The van der Waals surface area contributed by atoms with Gasteiger partial charge in [0.2, 0.25) is 5.91 Å². The maximum absolute atomic E-state index is 12.1.